The maximum Gasteiger partial charge on any atom is 0.418 e. The highest BCUT2D eigenvalue weighted by Gasteiger charge is 2.34. The zero-order chi connectivity index (χ0) is 17.9. The Hall–Kier alpha value is -1.63. The molecule has 1 amide bonds. The van der Waals surface area contributed by atoms with Gasteiger partial charge in [-0.15, -0.1) is 0 Å². The van der Waals surface area contributed by atoms with E-state index in [9.17, 15) is 18.0 Å². The maximum absolute atomic E-state index is 12.9. The van der Waals surface area contributed by atoms with Gasteiger partial charge in [-0.2, -0.15) is 13.2 Å². The summed E-state index contributed by atoms with van der Waals surface area (Å²) in [5.74, 6) is -0.561. The molecule has 0 saturated heterocycles. The highest BCUT2D eigenvalue weighted by atomic mass is 35.5. The second-order valence-corrected chi connectivity index (χ2v) is 5.79. The van der Waals surface area contributed by atoms with Crippen molar-refractivity contribution in [2.24, 2.45) is 0 Å². The van der Waals surface area contributed by atoms with E-state index in [0.29, 0.717) is 5.02 Å². The number of nitrogens with one attached hydrogen (secondary N) is 1. The molecule has 9 heteroatoms. The van der Waals surface area contributed by atoms with Gasteiger partial charge in [0.1, 0.15) is 5.75 Å². The molecule has 0 bridgehead atoms. The molecular weight excluding hydrogens is 390 g/mol. The number of ether oxygens (including phenoxy) is 1. The van der Waals surface area contributed by atoms with Gasteiger partial charge in [0.05, 0.1) is 26.3 Å². The van der Waals surface area contributed by atoms with Gasteiger partial charge in [-0.05, 0) is 24.3 Å². The quantitative estimate of drug-likeness (QED) is 0.719. The third-order valence-corrected chi connectivity index (χ3v) is 3.90. The van der Waals surface area contributed by atoms with Gasteiger partial charge in [-0.1, -0.05) is 40.9 Å². The van der Waals surface area contributed by atoms with E-state index in [2.05, 4.69) is 5.32 Å². The van der Waals surface area contributed by atoms with Gasteiger partial charge >= 0.3 is 6.18 Å². The second kappa shape index (κ2) is 7.51. The minimum absolute atomic E-state index is 0.222. The Balaban J connectivity index is 2.09. The van der Waals surface area contributed by atoms with E-state index in [0.717, 1.165) is 12.1 Å². The summed E-state index contributed by atoms with van der Waals surface area (Å²) in [7, 11) is 0. The van der Waals surface area contributed by atoms with Crippen molar-refractivity contribution in [2.45, 2.75) is 6.18 Å². The van der Waals surface area contributed by atoms with Gasteiger partial charge in [-0.3, -0.25) is 4.79 Å². The molecule has 128 valence electrons. The first kappa shape index (κ1) is 18.7. The van der Waals surface area contributed by atoms with Crippen LogP contribution in [0.15, 0.2) is 36.4 Å². The lowest BCUT2D eigenvalue weighted by Gasteiger charge is -2.15. The predicted molar refractivity (Wildman–Crippen MR) is 87.0 cm³/mol. The normalized spacial score (nSPS) is 11.2. The summed E-state index contributed by atoms with van der Waals surface area (Å²) in [5.41, 5.74) is -1.56. The van der Waals surface area contributed by atoms with Crippen LogP contribution in [0.25, 0.3) is 0 Å². The molecule has 0 heterocycles. The second-order valence-electron chi connectivity index (χ2n) is 4.57. The van der Waals surface area contributed by atoms with Gasteiger partial charge in [0.15, 0.2) is 6.61 Å². The fourth-order valence-corrected chi connectivity index (χ4v) is 2.29. The van der Waals surface area contributed by atoms with Crippen LogP contribution >= 0.6 is 34.8 Å². The van der Waals surface area contributed by atoms with Crippen LogP contribution in [0.5, 0.6) is 5.75 Å². The van der Waals surface area contributed by atoms with E-state index in [4.69, 9.17) is 39.5 Å². The lowest BCUT2D eigenvalue weighted by molar-refractivity contribution is -0.137. The van der Waals surface area contributed by atoms with Gasteiger partial charge in [-0.25, -0.2) is 0 Å². The first-order chi connectivity index (χ1) is 11.2. The number of alkyl halides is 3. The van der Waals surface area contributed by atoms with Gasteiger partial charge in [0, 0.05) is 6.07 Å². The zero-order valence-electron chi connectivity index (χ0n) is 11.8. The topological polar surface area (TPSA) is 38.3 Å². The van der Waals surface area contributed by atoms with Crippen molar-refractivity contribution in [3.05, 3.63) is 57.0 Å². The Bertz CT molecular complexity index is 766. The van der Waals surface area contributed by atoms with Gasteiger partial charge < -0.3 is 10.1 Å². The summed E-state index contributed by atoms with van der Waals surface area (Å²) < 4.78 is 44.0. The monoisotopic (exact) mass is 397 g/mol. The van der Waals surface area contributed by atoms with E-state index >= 15 is 0 Å². The van der Waals surface area contributed by atoms with E-state index in [-0.39, 0.29) is 15.8 Å². The number of carbonyl (C=O) groups is 1. The lowest BCUT2D eigenvalue weighted by atomic mass is 10.1. The van der Waals surface area contributed by atoms with Crippen LogP contribution in [-0.4, -0.2) is 12.5 Å². The molecular formula is C15H9Cl3F3NO2. The summed E-state index contributed by atoms with van der Waals surface area (Å²) >= 11 is 17.3. The van der Waals surface area contributed by atoms with Gasteiger partial charge in [0.2, 0.25) is 0 Å². The van der Waals surface area contributed by atoms with Gasteiger partial charge in [0.25, 0.3) is 5.91 Å². The Kier molecular flexibility index (Phi) is 5.85. The Labute approximate surface area is 150 Å². The SMILES string of the molecule is O=C(COc1ccc(Cl)c(Cl)c1)Nc1c(Cl)cccc1C(F)(F)F. The smallest absolute Gasteiger partial charge is 0.418 e. The average molecular weight is 399 g/mol. The molecule has 0 saturated carbocycles. The number of carbonyl (C=O) groups excluding carboxylic acids is 1. The largest absolute Gasteiger partial charge is 0.484 e. The number of hydrogen-bond acceptors (Lipinski definition) is 2. The van der Waals surface area contributed by atoms with Crippen LogP contribution in [0.1, 0.15) is 5.56 Å². The number of para-hydroxylation sites is 1. The molecule has 0 fully saturated rings. The van der Waals surface area contributed by atoms with Crippen molar-refractivity contribution in [2.75, 3.05) is 11.9 Å². The number of benzene rings is 2. The zero-order valence-corrected chi connectivity index (χ0v) is 14.0. The number of hydrogen-bond donors (Lipinski definition) is 1. The van der Waals surface area contributed by atoms with Crippen molar-refractivity contribution >= 4 is 46.4 Å². The molecule has 0 atom stereocenters. The van der Waals surface area contributed by atoms with Crippen molar-refractivity contribution in [3.63, 3.8) is 0 Å². The molecule has 2 aromatic rings. The van der Waals surface area contributed by atoms with Crippen LogP contribution in [-0.2, 0) is 11.0 Å². The lowest BCUT2D eigenvalue weighted by Crippen LogP contribution is -2.22. The number of anilines is 1. The van der Waals surface area contributed by atoms with Crippen LogP contribution < -0.4 is 10.1 Å². The minimum Gasteiger partial charge on any atom is -0.484 e. The predicted octanol–water partition coefficient (Wildman–Crippen LogP) is 5.68. The molecule has 0 aromatic heterocycles. The number of rotatable bonds is 4. The third-order valence-electron chi connectivity index (χ3n) is 2.84. The Morgan fingerprint density at radius 3 is 2.38 bits per heavy atom. The Morgan fingerprint density at radius 1 is 1.04 bits per heavy atom. The average Bonchev–Trinajstić information content (AvgIpc) is 2.49. The minimum atomic E-state index is -4.65. The van der Waals surface area contributed by atoms with Crippen LogP contribution in [0.4, 0.5) is 18.9 Å². The molecule has 2 rings (SSSR count). The third kappa shape index (κ3) is 4.69. The highest BCUT2D eigenvalue weighted by molar-refractivity contribution is 6.42. The van der Waals surface area contributed by atoms with E-state index < -0.39 is 29.9 Å². The summed E-state index contributed by atoms with van der Waals surface area (Å²) in [6, 6.07) is 7.53. The number of amides is 1. The molecule has 2 aromatic carbocycles. The van der Waals surface area contributed by atoms with Crippen LogP contribution in [0.2, 0.25) is 15.1 Å². The molecule has 24 heavy (non-hydrogen) atoms. The summed E-state index contributed by atoms with van der Waals surface area (Å²) in [4.78, 5) is 11.8. The molecule has 0 spiro atoms. The molecule has 0 unspecified atom stereocenters. The van der Waals surface area contributed by atoms with Crippen molar-refractivity contribution in [3.8, 4) is 5.75 Å². The van der Waals surface area contributed by atoms with Crippen molar-refractivity contribution < 1.29 is 22.7 Å². The van der Waals surface area contributed by atoms with Crippen molar-refractivity contribution in [1.29, 1.82) is 0 Å². The first-order valence-electron chi connectivity index (χ1n) is 6.42. The molecule has 0 aliphatic carbocycles. The molecule has 3 nitrogen and oxygen atoms in total. The highest BCUT2D eigenvalue weighted by Crippen LogP contribution is 2.38. The van der Waals surface area contributed by atoms with E-state index in [1.807, 2.05) is 0 Å². The number of halogens is 6. The maximum atomic E-state index is 12.9. The van der Waals surface area contributed by atoms with Crippen LogP contribution in [0.3, 0.4) is 0 Å². The summed E-state index contributed by atoms with van der Waals surface area (Å²) in [6.07, 6.45) is -4.65. The summed E-state index contributed by atoms with van der Waals surface area (Å²) in [5, 5.41) is 2.40. The van der Waals surface area contributed by atoms with Crippen LogP contribution in [0, 0.1) is 0 Å². The first-order valence-corrected chi connectivity index (χ1v) is 7.55. The molecule has 0 radical (unpaired) electrons. The molecule has 1 N–H and O–H groups in total. The summed E-state index contributed by atoms with van der Waals surface area (Å²) in [6.45, 7) is -0.527. The standard InChI is InChI=1S/C15H9Cl3F3NO2/c16-10-5-4-8(6-12(10)18)24-7-13(23)22-14-9(15(19,20)21)2-1-3-11(14)17/h1-6H,7H2,(H,22,23). The molecule has 0 aliphatic heterocycles. The fraction of sp³-hybridized carbons (Fsp3) is 0.133. The molecule has 0 aliphatic rings. The fourth-order valence-electron chi connectivity index (χ4n) is 1.78. The Morgan fingerprint density at radius 2 is 1.75 bits per heavy atom. The van der Waals surface area contributed by atoms with E-state index in [1.165, 1.54) is 24.3 Å². The van der Waals surface area contributed by atoms with Crippen molar-refractivity contribution in [1.82, 2.24) is 0 Å². The van der Waals surface area contributed by atoms with E-state index in [1.54, 1.807) is 0 Å².